The maximum Gasteiger partial charge on any atom is 0.387 e. The Bertz CT molecular complexity index is 1210. The molecule has 0 spiro atoms. The maximum atomic E-state index is 12.4. The minimum atomic E-state index is -2.91. The minimum absolute atomic E-state index is 0.0184. The van der Waals surface area contributed by atoms with Gasteiger partial charge in [0.15, 0.2) is 23.9 Å². The lowest BCUT2D eigenvalue weighted by Crippen LogP contribution is -2.20. The Hall–Kier alpha value is -3.32. The average Bonchev–Trinajstić information content (AvgIpc) is 3.12. The Kier molecular flexibility index (Phi) is 8.11. The molecule has 0 bridgehead atoms. The van der Waals surface area contributed by atoms with Gasteiger partial charge >= 0.3 is 6.61 Å². The number of ether oxygens (including phenoxy) is 3. The summed E-state index contributed by atoms with van der Waals surface area (Å²) in [6.07, 6.45) is 1.52. The Morgan fingerprint density at radius 1 is 1.33 bits per heavy atom. The maximum absolute atomic E-state index is 12.4. The zero-order valence-electron chi connectivity index (χ0n) is 17.1. The molecule has 3 rings (SSSR count). The number of nitrogens with zero attached hydrogens (tertiary/aromatic N) is 3. The van der Waals surface area contributed by atoms with Crippen LogP contribution in [0.25, 0.3) is 11.4 Å². The lowest BCUT2D eigenvalue weighted by molar-refractivity contribution is -0.120. The normalized spacial score (nSPS) is 11.2. The van der Waals surface area contributed by atoms with Gasteiger partial charge in [-0.15, -0.1) is 0 Å². The van der Waals surface area contributed by atoms with E-state index in [2.05, 4.69) is 36.0 Å². The Balaban J connectivity index is 1.90. The molecule has 9 nitrogen and oxygen atoms in total. The molecule has 0 fully saturated rings. The second-order valence-corrected chi connectivity index (χ2v) is 7.57. The number of alkyl halides is 2. The minimum Gasteiger partial charge on any atom is -0.490 e. The summed E-state index contributed by atoms with van der Waals surface area (Å²) < 4.78 is 42.3. The second-order valence-electron chi connectivity index (χ2n) is 6.33. The Labute approximate surface area is 200 Å². The molecule has 0 radical (unpaired) electrons. The summed E-state index contributed by atoms with van der Waals surface area (Å²) in [5.41, 5.74) is 6.36. The van der Waals surface area contributed by atoms with E-state index in [1.807, 2.05) is 0 Å². The predicted molar refractivity (Wildman–Crippen MR) is 122 cm³/mol. The van der Waals surface area contributed by atoms with Crippen LogP contribution in [0.15, 0.2) is 46.0 Å². The fourth-order valence-corrected chi connectivity index (χ4v) is 3.46. The van der Waals surface area contributed by atoms with Crippen molar-refractivity contribution >= 4 is 40.3 Å². The molecule has 0 saturated carbocycles. The molecule has 1 aromatic heterocycles. The van der Waals surface area contributed by atoms with E-state index in [1.165, 1.54) is 23.0 Å². The van der Waals surface area contributed by atoms with Crippen LogP contribution < -0.4 is 19.9 Å². The zero-order chi connectivity index (χ0) is 24.0. The van der Waals surface area contributed by atoms with Gasteiger partial charge in [-0.05, 0) is 77.0 Å². The van der Waals surface area contributed by atoms with E-state index >= 15 is 0 Å². The van der Waals surface area contributed by atoms with Crippen LogP contribution >= 0.6 is 28.1 Å². The van der Waals surface area contributed by atoms with Crippen LogP contribution in [0.1, 0.15) is 12.5 Å². The van der Waals surface area contributed by atoms with Gasteiger partial charge in [0.25, 0.3) is 5.91 Å². The molecule has 1 heterocycles. The summed E-state index contributed by atoms with van der Waals surface area (Å²) >= 11 is 8.65. The van der Waals surface area contributed by atoms with Crippen molar-refractivity contribution in [3.63, 3.8) is 0 Å². The standard InChI is InChI=1S/C20H18BrF2N5O4S/c1-2-30-15-8-11(7-14(21)17(15)31-10-16(24)29)9-25-28-18(26-27-20(28)33)12-3-5-13(6-4-12)32-19(22)23/h3-9,19H,2,10H2,1H3,(H2,24,29)(H,27,33)/b25-9-. The third-order valence-electron chi connectivity index (χ3n) is 4.00. The summed E-state index contributed by atoms with van der Waals surface area (Å²) in [6.45, 7) is -1.05. The van der Waals surface area contributed by atoms with Crippen LogP contribution in [-0.4, -0.2) is 46.8 Å². The van der Waals surface area contributed by atoms with E-state index in [4.69, 9.17) is 27.4 Å². The van der Waals surface area contributed by atoms with Crippen molar-refractivity contribution < 1.29 is 27.8 Å². The number of nitrogens with one attached hydrogen (secondary N) is 1. The third-order valence-corrected chi connectivity index (χ3v) is 4.85. The first kappa shape index (κ1) is 24.3. The van der Waals surface area contributed by atoms with Crippen molar-refractivity contribution in [2.24, 2.45) is 10.8 Å². The van der Waals surface area contributed by atoms with Gasteiger partial charge in [-0.2, -0.15) is 23.7 Å². The third kappa shape index (κ3) is 6.35. The highest BCUT2D eigenvalue weighted by atomic mass is 79.9. The summed E-state index contributed by atoms with van der Waals surface area (Å²) in [5, 5.41) is 11.2. The van der Waals surface area contributed by atoms with Crippen molar-refractivity contribution in [1.29, 1.82) is 0 Å². The number of halogens is 3. The van der Waals surface area contributed by atoms with Gasteiger partial charge in [0.05, 0.1) is 17.3 Å². The number of hydrogen-bond donors (Lipinski definition) is 2. The van der Waals surface area contributed by atoms with E-state index in [1.54, 1.807) is 31.2 Å². The topological polar surface area (TPSA) is 117 Å². The first-order chi connectivity index (χ1) is 15.8. The average molecular weight is 542 g/mol. The van der Waals surface area contributed by atoms with Gasteiger partial charge in [-0.3, -0.25) is 4.79 Å². The lowest BCUT2D eigenvalue weighted by Gasteiger charge is -2.13. The van der Waals surface area contributed by atoms with Gasteiger partial charge < -0.3 is 19.9 Å². The molecule has 1 amide bonds. The highest BCUT2D eigenvalue weighted by Gasteiger charge is 2.14. The largest absolute Gasteiger partial charge is 0.490 e. The fourth-order valence-electron chi connectivity index (χ4n) is 2.70. The Morgan fingerprint density at radius 3 is 2.70 bits per heavy atom. The first-order valence-electron chi connectivity index (χ1n) is 9.43. The van der Waals surface area contributed by atoms with Crippen LogP contribution in [0.5, 0.6) is 17.2 Å². The molecule has 0 aliphatic heterocycles. The predicted octanol–water partition coefficient (Wildman–Crippen LogP) is 4.12. The van der Waals surface area contributed by atoms with Crippen molar-refractivity contribution in [2.75, 3.05) is 13.2 Å². The van der Waals surface area contributed by atoms with Crippen molar-refractivity contribution in [3.05, 3.63) is 51.2 Å². The number of rotatable bonds is 10. The molecule has 33 heavy (non-hydrogen) atoms. The van der Waals surface area contributed by atoms with E-state index in [-0.39, 0.29) is 17.1 Å². The van der Waals surface area contributed by atoms with Crippen LogP contribution in [-0.2, 0) is 4.79 Å². The van der Waals surface area contributed by atoms with Crippen molar-refractivity contribution in [3.8, 4) is 28.6 Å². The molecule has 0 unspecified atom stereocenters. The summed E-state index contributed by atoms with van der Waals surface area (Å²) in [5.74, 6) is 0.487. The number of benzene rings is 2. The number of hydrogen-bond acceptors (Lipinski definition) is 7. The van der Waals surface area contributed by atoms with Crippen LogP contribution in [0, 0.1) is 4.77 Å². The van der Waals surface area contributed by atoms with Crippen LogP contribution in [0.2, 0.25) is 0 Å². The van der Waals surface area contributed by atoms with Crippen LogP contribution in [0.4, 0.5) is 8.78 Å². The van der Waals surface area contributed by atoms with E-state index in [0.717, 1.165) is 0 Å². The van der Waals surface area contributed by atoms with Gasteiger partial charge in [-0.25, -0.2) is 5.10 Å². The van der Waals surface area contributed by atoms with Gasteiger partial charge in [0.2, 0.25) is 4.77 Å². The fraction of sp³-hybridized carbons (Fsp3) is 0.200. The first-order valence-corrected chi connectivity index (χ1v) is 10.6. The van der Waals surface area contributed by atoms with E-state index < -0.39 is 12.5 Å². The molecule has 0 aliphatic carbocycles. The Morgan fingerprint density at radius 2 is 2.06 bits per heavy atom. The number of aromatic nitrogens is 3. The number of amides is 1. The van der Waals surface area contributed by atoms with E-state index in [9.17, 15) is 13.6 Å². The molecule has 3 N–H and O–H groups in total. The summed E-state index contributed by atoms with van der Waals surface area (Å²) in [6, 6.07) is 9.29. The van der Waals surface area contributed by atoms with Crippen molar-refractivity contribution in [1.82, 2.24) is 14.9 Å². The highest BCUT2D eigenvalue weighted by molar-refractivity contribution is 9.10. The second kappa shape index (κ2) is 11.0. The monoisotopic (exact) mass is 541 g/mol. The molecule has 3 aromatic rings. The number of primary amides is 1. The lowest BCUT2D eigenvalue weighted by atomic mass is 10.2. The molecule has 13 heteroatoms. The quantitative estimate of drug-likeness (QED) is 0.294. The van der Waals surface area contributed by atoms with Crippen molar-refractivity contribution in [2.45, 2.75) is 13.5 Å². The number of H-pyrrole nitrogens is 1. The smallest absolute Gasteiger partial charge is 0.387 e. The number of carbonyl (C=O) groups is 1. The van der Waals surface area contributed by atoms with Crippen LogP contribution in [0.3, 0.4) is 0 Å². The number of nitrogens with two attached hydrogens (primary N) is 1. The summed E-state index contributed by atoms with van der Waals surface area (Å²) in [4.78, 5) is 11.1. The van der Waals surface area contributed by atoms with Gasteiger partial charge in [0.1, 0.15) is 5.75 Å². The molecule has 0 aliphatic rings. The molecule has 2 aromatic carbocycles. The molecule has 0 saturated heterocycles. The number of aromatic amines is 1. The molecular weight excluding hydrogens is 524 g/mol. The highest BCUT2D eigenvalue weighted by Crippen LogP contribution is 2.36. The summed E-state index contributed by atoms with van der Waals surface area (Å²) in [7, 11) is 0. The van der Waals surface area contributed by atoms with Gasteiger partial charge in [0, 0.05) is 5.56 Å². The molecular formula is C20H18BrF2N5O4S. The SMILES string of the molecule is CCOc1cc(/C=N\n2c(-c3ccc(OC(F)F)cc3)n[nH]c2=S)cc(Br)c1OCC(N)=O. The number of carbonyl (C=O) groups excluding carboxylic acids is 1. The molecule has 174 valence electrons. The zero-order valence-corrected chi connectivity index (χ0v) is 19.5. The van der Waals surface area contributed by atoms with Gasteiger partial charge in [-0.1, -0.05) is 0 Å². The van der Waals surface area contributed by atoms with E-state index in [0.29, 0.717) is 39.5 Å². The molecule has 0 atom stereocenters.